The predicted molar refractivity (Wildman–Crippen MR) is 68.0 cm³/mol. The topological polar surface area (TPSA) is 58.2 Å². The Labute approximate surface area is 110 Å². The molecule has 0 heterocycles. The number of halogens is 2. The van der Waals surface area contributed by atoms with Crippen molar-refractivity contribution >= 4 is 29.1 Å². The summed E-state index contributed by atoms with van der Waals surface area (Å²) in [4.78, 5) is 22.8. The van der Waals surface area contributed by atoms with Crippen molar-refractivity contribution in [3.63, 3.8) is 0 Å². The summed E-state index contributed by atoms with van der Waals surface area (Å²) in [6, 6.07) is 3.62. The van der Waals surface area contributed by atoms with E-state index in [1.807, 2.05) is 6.92 Å². The maximum absolute atomic E-state index is 12.9. The van der Waals surface area contributed by atoms with Gasteiger partial charge in [0, 0.05) is 6.54 Å². The maximum atomic E-state index is 12.9. The summed E-state index contributed by atoms with van der Waals surface area (Å²) in [5.74, 6) is -1.41. The number of hydrogen-bond acceptors (Lipinski definition) is 2. The van der Waals surface area contributed by atoms with Crippen LogP contribution in [0.3, 0.4) is 0 Å². The number of carbonyl (C=O) groups excluding carboxylic acids is 2. The molecule has 1 aromatic rings. The van der Waals surface area contributed by atoms with Crippen molar-refractivity contribution in [2.45, 2.75) is 19.8 Å². The van der Waals surface area contributed by atoms with Crippen LogP contribution in [0.5, 0.6) is 0 Å². The Hall–Kier alpha value is -1.62. The van der Waals surface area contributed by atoms with E-state index in [1.165, 1.54) is 12.1 Å². The fourth-order valence-electron chi connectivity index (χ4n) is 1.26. The van der Waals surface area contributed by atoms with E-state index in [9.17, 15) is 14.0 Å². The third kappa shape index (κ3) is 4.71. The van der Waals surface area contributed by atoms with E-state index < -0.39 is 11.7 Å². The maximum Gasteiger partial charge on any atom is 0.233 e. The van der Waals surface area contributed by atoms with Crippen LogP contribution in [0.1, 0.15) is 19.8 Å². The molecule has 0 aromatic heterocycles. The van der Waals surface area contributed by atoms with Gasteiger partial charge in [0.25, 0.3) is 0 Å². The molecular weight excluding hydrogens is 259 g/mol. The summed E-state index contributed by atoms with van der Waals surface area (Å²) in [5, 5.41) is 5.18. The predicted octanol–water partition coefficient (Wildman–Crippen LogP) is 2.33. The lowest BCUT2D eigenvalue weighted by atomic mass is 10.3. The molecule has 0 atom stereocenters. The zero-order chi connectivity index (χ0) is 13.5. The first kappa shape index (κ1) is 14.4. The normalized spacial score (nSPS) is 9.94. The van der Waals surface area contributed by atoms with Crippen molar-refractivity contribution in [2.24, 2.45) is 0 Å². The molecule has 4 nitrogen and oxygen atoms in total. The Balaban J connectivity index is 2.54. The zero-order valence-electron chi connectivity index (χ0n) is 9.93. The first-order valence-corrected chi connectivity index (χ1v) is 5.92. The van der Waals surface area contributed by atoms with Gasteiger partial charge < -0.3 is 10.6 Å². The number of anilines is 1. The van der Waals surface area contributed by atoms with Gasteiger partial charge in [0.15, 0.2) is 0 Å². The minimum Gasteiger partial charge on any atom is -0.356 e. The van der Waals surface area contributed by atoms with Gasteiger partial charge in [0.2, 0.25) is 11.8 Å². The van der Waals surface area contributed by atoms with E-state index in [4.69, 9.17) is 11.6 Å². The lowest BCUT2D eigenvalue weighted by Gasteiger charge is -2.07. The third-order valence-electron chi connectivity index (χ3n) is 2.10. The van der Waals surface area contributed by atoms with E-state index in [0.717, 1.165) is 12.5 Å². The van der Waals surface area contributed by atoms with Crippen molar-refractivity contribution in [3.8, 4) is 0 Å². The van der Waals surface area contributed by atoms with Gasteiger partial charge in [-0.05, 0) is 24.6 Å². The van der Waals surface area contributed by atoms with Crippen molar-refractivity contribution in [3.05, 3.63) is 29.0 Å². The first-order valence-electron chi connectivity index (χ1n) is 5.54. The van der Waals surface area contributed by atoms with Crippen molar-refractivity contribution in [1.29, 1.82) is 0 Å². The standard InChI is InChI=1S/C12H14ClFN2O2/c1-2-5-15-11(17)7-12(18)16-10-6-8(14)3-4-9(10)13/h3-4,6H,2,5,7H2,1H3,(H,15,17)(H,16,18). The quantitative estimate of drug-likeness (QED) is 0.808. The molecule has 0 radical (unpaired) electrons. The van der Waals surface area contributed by atoms with Gasteiger partial charge in [-0.2, -0.15) is 0 Å². The monoisotopic (exact) mass is 272 g/mol. The smallest absolute Gasteiger partial charge is 0.233 e. The van der Waals surface area contributed by atoms with Crippen LogP contribution in [0.25, 0.3) is 0 Å². The van der Waals surface area contributed by atoms with Gasteiger partial charge in [-0.25, -0.2) is 4.39 Å². The SMILES string of the molecule is CCCNC(=O)CC(=O)Nc1cc(F)ccc1Cl. The molecule has 0 fully saturated rings. The molecule has 2 amide bonds. The van der Waals surface area contributed by atoms with Gasteiger partial charge in [-0.3, -0.25) is 9.59 Å². The molecule has 98 valence electrons. The molecule has 0 saturated heterocycles. The highest BCUT2D eigenvalue weighted by Crippen LogP contribution is 2.22. The van der Waals surface area contributed by atoms with Gasteiger partial charge in [0.1, 0.15) is 12.2 Å². The van der Waals surface area contributed by atoms with E-state index >= 15 is 0 Å². The molecule has 0 unspecified atom stereocenters. The Morgan fingerprint density at radius 3 is 2.72 bits per heavy atom. The summed E-state index contributed by atoms with van der Waals surface area (Å²) in [6.07, 6.45) is 0.482. The Kier molecular flexibility index (Phi) is 5.58. The van der Waals surface area contributed by atoms with Crippen LogP contribution in [-0.2, 0) is 9.59 Å². The van der Waals surface area contributed by atoms with Crippen LogP contribution >= 0.6 is 11.6 Å². The highest BCUT2D eigenvalue weighted by atomic mass is 35.5. The summed E-state index contributed by atoms with van der Waals surface area (Å²) in [7, 11) is 0. The lowest BCUT2D eigenvalue weighted by molar-refractivity contribution is -0.126. The first-order chi connectivity index (χ1) is 8.52. The van der Waals surface area contributed by atoms with E-state index in [0.29, 0.717) is 6.54 Å². The van der Waals surface area contributed by atoms with Gasteiger partial charge in [0.05, 0.1) is 10.7 Å². The number of nitrogens with one attached hydrogen (secondary N) is 2. The largest absolute Gasteiger partial charge is 0.356 e. The molecule has 0 saturated carbocycles. The van der Waals surface area contributed by atoms with Crippen LogP contribution in [0.2, 0.25) is 5.02 Å². The molecule has 6 heteroatoms. The lowest BCUT2D eigenvalue weighted by Crippen LogP contribution is -2.28. The van der Waals surface area contributed by atoms with Crippen LogP contribution in [0.4, 0.5) is 10.1 Å². The average molecular weight is 273 g/mol. The van der Waals surface area contributed by atoms with Crippen LogP contribution in [-0.4, -0.2) is 18.4 Å². The van der Waals surface area contributed by atoms with E-state index in [-0.39, 0.29) is 23.0 Å². The summed E-state index contributed by atoms with van der Waals surface area (Å²) in [5.41, 5.74) is 0.157. The second-order valence-corrected chi connectivity index (χ2v) is 4.11. The number of carbonyl (C=O) groups is 2. The number of rotatable bonds is 5. The Morgan fingerprint density at radius 1 is 1.33 bits per heavy atom. The zero-order valence-corrected chi connectivity index (χ0v) is 10.7. The second kappa shape index (κ2) is 6.96. The number of hydrogen-bond donors (Lipinski definition) is 2. The minimum atomic E-state index is -0.531. The molecule has 0 aliphatic carbocycles. The van der Waals surface area contributed by atoms with Gasteiger partial charge in [-0.1, -0.05) is 18.5 Å². The summed E-state index contributed by atoms with van der Waals surface area (Å²) >= 11 is 5.78. The second-order valence-electron chi connectivity index (χ2n) is 3.70. The fourth-order valence-corrected chi connectivity index (χ4v) is 1.43. The van der Waals surface area contributed by atoms with Crippen molar-refractivity contribution < 1.29 is 14.0 Å². The number of benzene rings is 1. The average Bonchev–Trinajstić information content (AvgIpc) is 2.31. The molecule has 1 rings (SSSR count). The highest BCUT2D eigenvalue weighted by Gasteiger charge is 2.11. The molecule has 0 aliphatic rings. The molecule has 0 spiro atoms. The van der Waals surface area contributed by atoms with Gasteiger partial charge >= 0.3 is 0 Å². The fraction of sp³-hybridized carbons (Fsp3) is 0.333. The Bertz CT molecular complexity index is 452. The van der Waals surface area contributed by atoms with Gasteiger partial charge in [-0.15, -0.1) is 0 Å². The highest BCUT2D eigenvalue weighted by molar-refractivity contribution is 6.33. The van der Waals surface area contributed by atoms with E-state index in [2.05, 4.69) is 10.6 Å². The van der Waals surface area contributed by atoms with Crippen LogP contribution in [0.15, 0.2) is 18.2 Å². The van der Waals surface area contributed by atoms with E-state index in [1.54, 1.807) is 0 Å². The summed E-state index contributed by atoms with van der Waals surface area (Å²) < 4.78 is 12.9. The number of amides is 2. The molecular formula is C12H14ClFN2O2. The van der Waals surface area contributed by atoms with Crippen molar-refractivity contribution in [1.82, 2.24) is 5.32 Å². The molecule has 1 aromatic carbocycles. The Morgan fingerprint density at radius 2 is 2.06 bits per heavy atom. The van der Waals surface area contributed by atoms with Crippen LogP contribution in [0, 0.1) is 5.82 Å². The van der Waals surface area contributed by atoms with Crippen molar-refractivity contribution in [2.75, 3.05) is 11.9 Å². The third-order valence-corrected chi connectivity index (χ3v) is 2.43. The molecule has 0 bridgehead atoms. The van der Waals surface area contributed by atoms with Crippen LogP contribution < -0.4 is 10.6 Å². The minimum absolute atomic E-state index is 0.157. The molecule has 2 N–H and O–H groups in total. The molecule has 18 heavy (non-hydrogen) atoms. The summed E-state index contributed by atoms with van der Waals surface area (Å²) in [6.45, 7) is 2.43. The molecule has 0 aliphatic heterocycles.